The highest BCUT2D eigenvalue weighted by molar-refractivity contribution is 14.1. The Morgan fingerprint density at radius 1 is 1.42 bits per heavy atom. The van der Waals surface area contributed by atoms with Crippen molar-refractivity contribution in [2.75, 3.05) is 6.54 Å². The van der Waals surface area contributed by atoms with E-state index in [1.807, 2.05) is 6.07 Å². The third kappa shape index (κ3) is 3.91. The molecule has 0 saturated heterocycles. The normalized spacial score (nSPS) is 25.3. The van der Waals surface area contributed by atoms with E-state index in [-0.39, 0.29) is 5.82 Å². The van der Waals surface area contributed by atoms with Crippen LogP contribution in [0.15, 0.2) is 18.2 Å². The Balaban J connectivity index is 2.23. The SMILES string of the molecule is CCNC(c1ccc(F)cc1I)C1CCCC(C)C1. The summed E-state index contributed by atoms with van der Waals surface area (Å²) in [5, 5.41) is 3.62. The third-order valence-corrected chi connectivity index (χ3v) is 5.10. The highest BCUT2D eigenvalue weighted by Gasteiger charge is 2.28. The third-order valence-electron chi connectivity index (χ3n) is 4.17. The lowest BCUT2D eigenvalue weighted by Crippen LogP contribution is -2.31. The molecule has 3 heteroatoms. The molecule has 1 saturated carbocycles. The van der Waals surface area contributed by atoms with Crippen molar-refractivity contribution in [3.05, 3.63) is 33.1 Å². The molecule has 19 heavy (non-hydrogen) atoms. The Bertz CT molecular complexity index is 421. The number of hydrogen-bond acceptors (Lipinski definition) is 1. The van der Waals surface area contributed by atoms with Gasteiger partial charge in [0.2, 0.25) is 0 Å². The summed E-state index contributed by atoms with van der Waals surface area (Å²) < 4.78 is 14.3. The lowest BCUT2D eigenvalue weighted by Gasteiger charge is -2.34. The Morgan fingerprint density at radius 3 is 2.84 bits per heavy atom. The fourth-order valence-electron chi connectivity index (χ4n) is 3.29. The zero-order valence-electron chi connectivity index (χ0n) is 11.8. The van der Waals surface area contributed by atoms with Crippen LogP contribution in [0.2, 0.25) is 0 Å². The molecule has 0 radical (unpaired) electrons. The van der Waals surface area contributed by atoms with Crippen molar-refractivity contribution in [3.63, 3.8) is 0 Å². The Morgan fingerprint density at radius 2 is 2.21 bits per heavy atom. The molecule has 1 aliphatic carbocycles. The Kier molecular flexibility index (Phi) is 5.63. The Hall–Kier alpha value is -0.160. The highest BCUT2D eigenvalue weighted by atomic mass is 127. The summed E-state index contributed by atoms with van der Waals surface area (Å²) in [4.78, 5) is 0. The van der Waals surface area contributed by atoms with E-state index in [4.69, 9.17) is 0 Å². The zero-order valence-corrected chi connectivity index (χ0v) is 13.9. The molecule has 1 aromatic carbocycles. The van der Waals surface area contributed by atoms with Gasteiger partial charge in [0.25, 0.3) is 0 Å². The first-order valence-corrected chi connectivity index (χ1v) is 8.38. The van der Waals surface area contributed by atoms with Crippen molar-refractivity contribution in [3.8, 4) is 0 Å². The average Bonchev–Trinajstić information content (AvgIpc) is 2.37. The molecule has 0 amide bonds. The summed E-state index contributed by atoms with van der Waals surface area (Å²) in [6, 6.07) is 5.57. The molecule has 2 rings (SSSR count). The van der Waals surface area contributed by atoms with Crippen LogP contribution in [0.5, 0.6) is 0 Å². The molecule has 1 nitrogen and oxygen atoms in total. The summed E-state index contributed by atoms with van der Waals surface area (Å²) in [6.07, 6.45) is 5.25. The minimum atomic E-state index is -0.139. The molecule has 1 fully saturated rings. The minimum absolute atomic E-state index is 0.139. The molecule has 3 unspecified atom stereocenters. The van der Waals surface area contributed by atoms with Crippen molar-refractivity contribution < 1.29 is 4.39 Å². The van der Waals surface area contributed by atoms with E-state index in [2.05, 4.69) is 41.8 Å². The van der Waals surface area contributed by atoms with E-state index in [0.29, 0.717) is 12.0 Å². The molecular weight excluding hydrogens is 352 g/mol. The molecule has 1 N–H and O–H groups in total. The molecular formula is C16H23FIN. The van der Waals surface area contributed by atoms with Crippen molar-refractivity contribution in [1.82, 2.24) is 5.32 Å². The van der Waals surface area contributed by atoms with Gasteiger partial charge < -0.3 is 5.32 Å². The summed E-state index contributed by atoms with van der Waals surface area (Å²) in [5.41, 5.74) is 1.27. The van der Waals surface area contributed by atoms with Crippen LogP contribution in [-0.2, 0) is 0 Å². The largest absolute Gasteiger partial charge is 0.310 e. The van der Waals surface area contributed by atoms with Gasteiger partial charge in [0, 0.05) is 9.61 Å². The van der Waals surface area contributed by atoms with Crippen molar-refractivity contribution in [2.24, 2.45) is 11.8 Å². The zero-order chi connectivity index (χ0) is 13.8. The number of hydrogen-bond donors (Lipinski definition) is 1. The predicted octanol–water partition coefficient (Wildman–Crippen LogP) is 4.91. The van der Waals surface area contributed by atoms with Gasteiger partial charge in [-0.15, -0.1) is 0 Å². The second kappa shape index (κ2) is 7.02. The standard InChI is InChI=1S/C16H23FIN/c1-3-19-16(12-6-4-5-11(2)9-12)14-8-7-13(17)10-15(14)18/h7-8,10-12,16,19H,3-6,9H2,1-2H3. The maximum Gasteiger partial charge on any atom is 0.124 e. The first-order valence-electron chi connectivity index (χ1n) is 7.30. The first-order chi connectivity index (χ1) is 9.11. The molecule has 3 atom stereocenters. The average molecular weight is 375 g/mol. The predicted molar refractivity (Wildman–Crippen MR) is 86.7 cm³/mol. The van der Waals surface area contributed by atoms with Crippen molar-refractivity contribution in [1.29, 1.82) is 0 Å². The van der Waals surface area contributed by atoms with Gasteiger partial charge in [-0.1, -0.05) is 32.8 Å². The molecule has 0 spiro atoms. The molecule has 106 valence electrons. The van der Waals surface area contributed by atoms with Gasteiger partial charge >= 0.3 is 0 Å². The van der Waals surface area contributed by atoms with E-state index in [0.717, 1.165) is 16.0 Å². The second-order valence-corrected chi connectivity index (χ2v) is 6.90. The van der Waals surface area contributed by atoms with Crippen molar-refractivity contribution in [2.45, 2.75) is 45.6 Å². The topological polar surface area (TPSA) is 12.0 Å². The lowest BCUT2D eigenvalue weighted by molar-refractivity contribution is 0.224. The monoisotopic (exact) mass is 375 g/mol. The van der Waals surface area contributed by atoms with Crippen LogP contribution < -0.4 is 5.32 Å². The fourth-order valence-corrected chi connectivity index (χ4v) is 4.10. The lowest BCUT2D eigenvalue weighted by atomic mass is 9.76. The molecule has 1 aliphatic rings. The number of benzene rings is 1. The summed E-state index contributed by atoms with van der Waals surface area (Å²) in [5.74, 6) is 1.36. The van der Waals surface area contributed by atoms with Gasteiger partial charge in [0.15, 0.2) is 0 Å². The van der Waals surface area contributed by atoms with Crippen LogP contribution in [0, 0.1) is 21.2 Å². The molecule has 0 bridgehead atoms. The first kappa shape index (κ1) is 15.2. The van der Waals surface area contributed by atoms with Gasteiger partial charge in [-0.2, -0.15) is 0 Å². The van der Waals surface area contributed by atoms with E-state index in [1.165, 1.54) is 31.2 Å². The van der Waals surface area contributed by atoms with Crippen LogP contribution in [0.1, 0.15) is 51.1 Å². The van der Waals surface area contributed by atoms with Crippen LogP contribution in [0.25, 0.3) is 0 Å². The quantitative estimate of drug-likeness (QED) is 0.738. The van der Waals surface area contributed by atoms with Crippen LogP contribution in [-0.4, -0.2) is 6.54 Å². The molecule has 0 heterocycles. The van der Waals surface area contributed by atoms with E-state index < -0.39 is 0 Å². The van der Waals surface area contributed by atoms with Gasteiger partial charge in [-0.3, -0.25) is 0 Å². The van der Waals surface area contributed by atoms with Gasteiger partial charge in [-0.25, -0.2) is 4.39 Å². The summed E-state index contributed by atoms with van der Waals surface area (Å²) >= 11 is 2.26. The van der Waals surface area contributed by atoms with Gasteiger partial charge in [0.05, 0.1) is 0 Å². The number of nitrogens with one attached hydrogen (secondary N) is 1. The van der Waals surface area contributed by atoms with Gasteiger partial charge in [0.1, 0.15) is 5.82 Å². The second-order valence-electron chi connectivity index (χ2n) is 5.73. The van der Waals surface area contributed by atoms with E-state index in [9.17, 15) is 4.39 Å². The highest BCUT2D eigenvalue weighted by Crippen LogP contribution is 2.38. The van der Waals surface area contributed by atoms with Gasteiger partial charge in [-0.05, 0) is 71.5 Å². The van der Waals surface area contributed by atoms with Crippen LogP contribution in [0.4, 0.5) is 4.39 Å². The fraction of sp³-hybridized carbons (Fsp3) is 0.625. The summed E-state index contributed by atoms with van der Waals surface area (Å²) in [6.45, 7) is 5.46. The Labute approximate surface area is 129 Å². The summed E-state index contributed by atoms with van der Waals surface area (Å²) in [7, 11) is 0. The number of halogens is 2. The minimum Gasteiger partial charge on any atom is -0.310 e. The van der Waals surface area contributed by atoms with Crippen molar-refractivity contribution >= 4 is 22.6 Å². The maximum absolute atomic E-state index is 13.3. The molecule has 0 aliphatic heterocycles. The number of rotatable bonds is 4. The van der Waals surface area contributed by atoms with Crippen LogP contribution in [0.3, 0.4) is 0 Å². The maximum atomic E-state index is 13.3. The van der Waals surface area contributed by atoms with E-state index >= 15 is 0 Å². The smallest absolute Gasteiger partial charge is 0.124 e. The molecule has 1 aromatic rings. The molecule has 0 aromatic heterocycles. The van der Waals surface area contributed by atoms with Crippen LogP contribution >= 0.6 is 22.6 Å². The van der Waals surface area contributed by atoms with E-state index in [1.54, 1.807) is 12.1 Å².